The second-order valence-corrected chi connectivity index (χ2v) is 5.47. The van der Waals surface area contributed by atoms with Crippen LogP contribution in [0.5, 0.6) is 0 Å². The van der Waals surface area contributed by atoms with Crippen LogP contribution >= 0.6 is 35.3 Å². The van der Waals surface area contributed by atoms with Gasteiger partial charge in [-0.2, -0.15) is 0 Å². The van der Waals surface area contributed by atoms with Crippen molar-refractivity contribution in [2.45, 2.75) is 12.6 Å². The quantitative estimate of drug-likeness (QED) is 0.922. The third-order valence-electron chi connectivity index (χ3n) is 2.49. The summed E-state index contributed by atoms with van der Waals surface area (Å²) in [5.41, 5.74) is 5.59. The molecule has 0 aromatic carbocycles. The van der Waals surface area contributed by atoms with E-state index in [1.165, 1.54) is 4.88 Å². The molecule has 1 aromatic rings. The normalized spacial score (nSPS) is 21.8. The van der Waals surface area contributed by atoms with Crippen molar-refractivity contribution in [1.29, 1.82) is 0 Å². The number of rotatable bonds is 3. The van der Waals surface area contributed by atoms with Crippen LogP contribution in [-0.2, 0) is 11.3 Å². The van der Waals surface area contributed by atoms with E-state index in [1.54, 1.807) is 11.3 Å². The summed E-state index contributed by atoms with van der Waals surface area (Å²) in [7, 11) is 0. The number of hydrogen-bond donors (Lipinski definition) is 1. The van der Waals surface area contributed by atoms with Gasteiger partial charge in [-0.15, -0.1) is 23.7 Å². The highest BCUT2D eigenvalue weighted by atomic mass is 35.5. The SMILES string of the molecule is Cl.NCC1CN(Cc2ccc(Cl)s2)CCO1. The summed E-state index contributed by atoms with van der Waals surface area (Å²) in [6, 6.07) is 4.03. The van der Waals surface area contributed by atoms with Crippen LogP contribution in [0.4, 0.5) is 0 Å². The number of hydrogen-bond acceptors (Lipinski definition) is 4. The first-order chi connectivity index (χ1) is 7.28. The summed E-state index contributed by atoms with van der Waals surface area (Å²) in [6.07, 6.45) is 0.189. The molecule has 3 nitrogen and oxygen atoms in total. The Morgan fingerprint density at radius 3 is 3.00 bits per heavy atom. The van der Waals surface area contributed by atoms with Crippen LogP contribution in [-0.4, -0.2) is 37.2 Å². The Balaban J connectivity index is 0.00000128. The number of ether oxygens (including phenoxy) is 1. The standard InChI is InChI=1S/C10H15ClN2OS.ClH/c11-10-2-1-9(15-10)7-13-3-4-14-8(5-12)6-13;/h1-2,8H,3-7,12H2;1H. The molecule has 1 aliphatic heterocycles. The molecule has 0 radical (unpaired) electrons. The topological polar surface area (TPSA) is 38.5 Å². The molecule has 1 unspecified atom stereocenters. The van der Waals surface area contributed by atoms with Gasteiger partial charge in [0.25, 0.3) is 0 Å². The van der Waals surface area contributed by atoms with Crippen molar-refractivity contribution in [2.24, 2.45) is 5.73 Å². The Kier molecular flexibility index (Phi) is 6.03. The summed E-state index contributed by atoms with van der Waals surface area (Å²) in [4.78, 5) is 3.67. The van der Waals surface area contributed by atoms with Gasteiger partial charge in [-0.05, 0) is 12.1 Å². The van der Waals surface area contributed by atoms with Gasteiger partial charge in [0.2, 0.25) is 0 Å². The van der Waals surface area contributed by atoms with E-state index in [9.17, 15) is 0 Å². The lowest BCUT2D eigenvalue weighted by Gasteiger charge is -2.31. The van der Waals surface area contributed by atoms with Crippen molar-refractivity contribution < 1.29 is 4.74 Å². The smallest absolute Gasteiger partial charge is 0.0931 e. The fourth-order valence-corrected chi connectivity index (χ4v) is 2.85. The first-order valence-corrected chi connectivity index (χ1v) is 6.25. The van der Waals surface area contributed by atoms with Gasteiger partial charge in [0.1, 0.15) is 0 Å². The lowest BCUT2D eigenvalue weighted by Crippen LogP contribution is -2.44. The first kappa shape index (κ1) is 14.2. The van der Waals surface area contributed by atoms with E-state index >= 15 is 0 Å². The Morgan fingerprint density at radius 2 is 2.38 bits per heavy atom. The zero-order valence-electron chi connectivity index (χ0n) is 8.89. The minimum Gasteiger partial charge on any atom is -0.374 e. The number of nitrogens with two attached hydrogens (primary N) is 1. The van der Waals surface area contributed by atoms with Crippen LogP contribution in [0.15, 0.2) is 12.1 Å². The van der Waals surface area contributed by atoms with E-state index in [0.717, 1.165) is 30.6 Å². The van der Waals surface area contributed by atoms with Gasteiger partial charge in [0.15, 0.2) is 0 Å². The van der Waals surface area contributed by atoms with Crippen LogP contribution in [0, 0.1) is 0 Å². The highest BCUT2D eigenvalue weighted by Gasteiger charge is 2.19. The van der Waals surface area contributed by atoms with Gasteiger partial charge in [-0.25, -0.2) is 0 Å². The second-order valence-electron chi connectivity index (χ2n) is 3.67. The zero-order valence-corrected chi connectivity index (χ0v) is 11.3. The molecule has 16 heavy (non-hydrogen) atoms. The van der Waals surface area contributed by atoms with Crippen molar-refractivity contribution >= 4 is 35.3 Å². The molecule has 1 fully saturated rings. The van der Waals surface area contributed by atoms with E-state index < -0.39 is 0 Å². The maximum Gasteiger partial charge on any atom is 0.0931 e. The van der Waals surface area contributed by atoms with E-state index in [0.29, 0.717) is 6.54 Å². The maximum absolute atomic E-state index is 5.89. The third kappa shape index (κ3) is 3.87. The summed E-state index contributed by atoms with van der Waals surface area (Å²) in [5, 5.41) is 0. The Hall–Kier alpha value is 0.160. The molecule has 2 heterocycles. The molecule has 6 heteroatoms. The zero-order chi connectivity index (χ0) is 10.7. The average Bonchev–Trinajstić information content (AvgIpc) is 2.64. The monoisotopic (exact) mass is 282 g/mol. The number of thiophene rings is 1. The van der Waals surface area contributed by atoms with Gasteiger partial charge < -0.3 is 10.5 Å². The van der Waals surface area contributed by atoms with E-state index in [4.69, 9.17) is 22.1 Å². The minimum absolute atomic E-state index is 0. The van der Waals surface area contributed by atoms with Crippen LogP contribution in [0.25, 0.3) is 0 Å². The molecular weight excluding hydrogens is 267 g/mol. The maximum atomic E-state index is 5.89. The molecular formula is C10H16Cl2N2OS. The molecule has 1 aromatic heterocycles. The van der Waals surface area contributed by atoms with Crippen LogP contribution < -0.4 is 5.73 Å². The molecule has 1 atom stereocenters. The van der Waals surface area contributed by atoms with Gasteiger partial charge in [0, 0.05) is 31.1 Å². The summed E-state index contributed by atoms with van der Waals surface area (Å²) < 4.78 is 6.37. The van der Waals surface area contributed by atoms with Gasteiger partial charge in [0.05, 0.1) is 17.0 Å². The van der Waals surface area contributed by atoms with E-state index in [-0.39, 0.29) is 18.5 Å². The fourth-order valence-electron chi connectivity index (χ4n) is 1.72. The summed E-state index contributed by atoms with van der Waals surface area (Å²) in [5.74, 6) is 0. The molecule has 0 bridgehead atoms. The van der Waals surface area contributed by atoms with Crippen LogP contribution in [0.3, 0.4) is 0 Å². The Labute approximate surface area is 111 Å². The summed E-state index contributed by atoms with van der Waals surface area (Å²) >= 11 is 7.53. The predicted molar refractivity (Wildman–Crippen MR) is 70.6 cm³/mol. The molecule has 2 rings (SSSR count). The predicted octanol–water partition coefficient (Wildman–Crippen LogP) is 1.98. The van der Waals surface area contributed by atoms with E-state index in [1.807, 2.05) is 6.07 Å². The highest BCUT2D eigenvalue weighted by molar-refractivity contribution is 7.16. The number of nitrogens with zero attached hydrogens (tertiary/aromatic N) is 1. The summed E-state index contributed by atoms with van der Waals surface area (Å²) in [6.45, 7) is 4.23. The highest BCUT2D eigenvalue weighted by Crippen LogP contribution is 2.23. The third-order valence-corrected chi connectivity index (χ3v) is 3.71. The number of halogens is 2. The first-order valence-electron chi connectivity index (χ1n) is 5.06. The van der Waals surface area contributed by atoms with Gasteiger partial charge >= 0.3 is 0 Å². The average molecular weight is 283 g/mol. The molecule has 0 saturated carbocycles. The molecule has 2 N–H and O–H groups in total. The molecule has 1 aliphatic rings. The molecule has 1 saturated heterocycles. The van der Waals surface area contributed by atoms with Gasteiger partial charge in [-0.3, -0.25) is 4.90 Å². The largest absolute Gasteiger partial charge is 0.374 e. The van der Waals surface area contributed by atoms with Crippen LogP contribution in [0.1, 0.15) is 4.88 Å². The van der Waals surface area contributed by atoms with Crippen molar-refractivity contribution in [3.05, 3.63) is 21.3 Å². The molecule has 0 aliphatic carbocycles. The Morgan fingerprint density at radius 1 is 1.56 bits per heavy atom. The second kappa shape index (κ2) is 6.79. The van der Waals surface area contributed by atoms with Crippen LogP contribution in [0.2, 0.25) is 4.34 Å². The van der Waals surface area contributed by atoms with Gasteiger partial charge in [-0.1, -0.05) is 11.6 Å². The lowest BCUT2D eigenvalue weighted by molar-refractivity contribution is -0.0257. The minimum atomic E-state index is 0. The van der Waals surface area contributed by atoms with E-state index in [2.05, 4.69) is 11.0 Å². The van der Waals surface area contributed by atoms with Crippen molar-refractivity contribution in [3.8, 4) is 0 Å². The van der Waals surface area contributed by atoms with Crippen molar-refractivity contribution in [2.75, 3.05) is 26.2 Å². The number of morpholine rings is 1. The lowest BCUT2D eigenvalue weighted by atomic mass is 10.2. The molecule has 0 amide bonds. The molecule has 0 spiro atoms. The molecule has 92 valence electrons. The Bertz CT molecular complexity index is 322. The van der Waals surface area contributed by atoms with Crippen molar-refractivity contribution in [1.82, 2.24) is 4.90 Å². The fraction of sp³-hybridized carbons (Fsp3) is 0.600. The van der Waals surface area contributed by atoms with Crippen molar-refractivity contribution in [3.63, 3.8) is 0 Å².